The number of halogens is 1. The Labute approximate surface area is 160 Å². The van der Waals surface area contributed by atoms with Gasteiger partial charge in [0.1, 0.15) is 5.82 Å². The van der Waals surface area contributed by atoms with E-state index in [4.69, 9.17) is 0 Å². The number of hydrogen-bond donors (Lipinski definition) is 2. The molecule has 144 valence electrons. The van der Waals surface area contributed by atoms with Crippen molar-refractivity contribution in [2.24, 2.45) is 0 Å². The van der Waals surface area contributed by atoms with Crippen molar-refractivity contribution >= 4 is 5.91 Å². The number of nitrogens with zero attached hydrogens (tertiary/aromatic N) is 1. The number of nitrogens with one attached hydrogen (secondary N) is 1. The average Bonchev–Trinajstić information content (AvgIpc) is 2.67. The monoisotopic (exact) mass is 370 g/mol. The van der Waals surface area contributed by atoms with E-state index >= 15 is 0 Å². The number of benzene rings is 2. The summed E-state index contributed by atoms with van der Waals surface area (Å²) < 4.78 is 13.4. The summed E-state index contributed by atoms with van der Waals surface area (Å²) in [6, 6.07) is 15.0. The smallest absolute Gasteiger partial charge is 0.255 e. The lowest BCUT2D eigenvalue weighted by molar-refractivity contribution is -0.156. The number of amides is 1. The molecule has 3 rings (SSSR count). The number of piperidine rings is 1. The van der Waals surface area contributed by atoms with Crippen LogP contribution in [0.2, 0.25) is 0 Å². The number of rotatable bonds is 7. The molecule has 2 aromatic rings. The number of carbonyl (C=O) groups excluding carboxylic acids is 1. The van der Waals surface area contributed by atoms with E-state index in [1.165, 1.54) is 11.6 Å². The second-order valence-corrected chi connectivity index (χ2v) is 7.35. The van der Waals surface area contributed by atoms with Crippen LogP contribution in [0.4, 0.5) is 4.39 Å². The van der Waals surface area contributed by atoms with Crippen LogP contribution in [0, 0.1) is 12.7 Å². The SMILES string of the molecule is Cc1cc(CNC[C@]2(O)CCCN(CCc3ccccc3)C2=O)ccc1F. The van der Waals surface area contributed by atoms with Crippen LogP contribution in [0.15, 0.2) is 48.5 Å². The predicted molar refractivity (Wildman–Crippen MR) is 104 cm³/mol. The summed E-state index contributed by atoms with van der Waals surface area (Å²) in [7, 11) is 0. The van der Waals surface area contributed by atoms with Crippen LogP contribution >= 0.6 is 0 Å². The van der Waals surface area contributed by atoms with Gasteiger partial charge in [0.25, 0.3) is 5.91 Å². The maximum Gasteiger partial charge on any atom is 0.255 e. The summed E-state index contributed by atoms with van der Waals surface area (Å²) in [5, 5.41) is 14.0. The summed E-state index contributed by atoms with van der Waals surface area (Å²) in [6.07, 6.45) is 2.03. The van der Waals surface area contributed by atoms with Crippen LogP contribution in [-0.2, 0) is 17.8 Å². The molecule has 2 aromatic carbocycles. The first-order valence-electron chi connectivity index (χ1n) is 9.49. The van der Waals surface area contributed by atoms with E-state index in [0.717, 1.165) is 18.4 Å². The number of hydrogen-bond acceptors (Lipinski definition) is 3. The highest BCUT2D eigenvalue weighted by Gasteiger charge is 2.41. The minimum Gasteiger partial charge on any atom is -0.379 e. The molecule has 4 nitrogen and oxygen atoms in total. The molecule has 1 amide bonds. The summed E-state index contributed by atoms with van der Waals surface area (Å²) in [5.41, 5.74) is 1.34. The van der Waals surface area contributed by atoms with Gasteiger partial charge in [-0.05, 0) is 48.9 Å². The lowest BCUT2D eigenvalue weighted by atomic mass is 9.91. The van der Waals surface area contributed by atoms with Crippen molar-refractivity contribution in [3.8, 4) is 0 Å². The molecule has 27 heavy (non-hydrogen) atoms. The number of carbonyl (C=O) groups is 1. The van der Waals surface area contributed by atoms with Gasteiger partial charge < -0.3 is 15.3 Å². The molecule has 0 radical (unpaired) electrons. The van der Waals surface area contributed by atoms with E-state index in [9.17, 15) is 14.3 Å². The van der Waals surface area contributed by atoms with E-state index in [2.05, 4.69) is 5.32 Å². The van der Waals surface area contributed by atoms with Gasteiger partial charge in [-0.2, -0.15) is 0 Å². The Morgan fingerprint density at radius 3 is 2.70 bits per heavy atom. The Kier molecular flexibility index (Phi) is 6.24. The number of aliphatic hydroxyl groups is 1. The van der Waals surface area contributed by atoms with Gasteiger partial charge in [-0.3, -0.25) is 4.79 Å². The molecule has 2 N–H and O–H groups in total. The van der Waals surface area contributed by atoms with Crippen LogP contribution in [0.3, 0.4) is 0 Å². The molecular weight excluding hydrogens is 343 g/mol. The van der Waals surface area contributed by atoms with Gasteiger partial charge in [0.05, 0.1) is 0 Å². The lowest BCUT2D eigenvalue weighted by Gasteiger charge is -2.38. The minimum atomic E-state index is -1.37. The Morgan fingerprint density at radius 1 is 1.19 bits per heavy atom. The first-order chi connectivity index (χ1) is 13.0. The quantitative estimate of drug-likeness (QED) is 0.788. The molecule has 1 aliphatic heterocycles. The Hall–Kier alpha value is -2.24. The van der Waals surface area contributed by atoms with Crippen molar-refractivity contribution in [1.82, 2.24) is 10.2 Å². The van der Waals surface area contributed by atoms with Gasteiger partial charge in [0, 0.05) is 26.2 Å². The second-order valence-electron chi connectivity index (χ2n) is 7.35. The van der Waals surface area contributed by atoms with Gasteiger partial charge >= 0.3 is 0 Å². The zero-order valence-corrected chi connectivity index (χ0v) is 15.7. The highest BCUT2D eigenvalue weighted by Crippen LogP contribution is 2.23. The zero-order chi connectivity index (χ0) is 19.3. The van der Waals surface area contributed by atoms with Gasteiger partial charge in [-0.1, -0.05) is 42.5 Å². The van der Waals surface area contributed by atoms with Gasteiger partial charge in [0.2, 0.25) is 0 Å². The normalized spacial score (nSPS) is 20.1. The van der Waals surface area contributed by atoms with E-state index in [1.807, 2.05) is 30.3 Å². The predicted octanol–water partition coefficient (Wildman–Crippen LogP) is 2.82. The second kappa shape index (κ2) is 8.63. The zero-order valence-electron chi connectivity index (χ0n) is 15.7. The van der Waals surface area contributed by atoms with Crippen LogP contribution in [0.1, 0.15) is 29.5 Å². The molecule has 0 aliphatic carbocycles. The van der Waals surface area contributed by atoms with Crippen LogP contribution in [0.25, 0.3) is 0 Å². The molecule has 1 atom stereocenters. The van der Waals surface area contributed by atoms with Crippen molar-refractivity contribution in [1.29, 1.82) is 0 Å². The minimum absolute atomic E-state index is 0.199. The lowest BCUT2D eigenvalue weighted by Crippen LogP contribution is -2.58. The Morgan fingerprint density at radius 2 is 1.96 bits per heavy atom. The van der Waals surface area contributed by atoms with E-state index in [-0.39, 0.29) is 18.3 Å². The standard InChI is InChI=1S/C22H27FN2O2/c1-17-14-19(8-9-20(17)23)15-24-16-22(27)11-5-12-25(21(22)26)13-10-18-6-3-2-4-7-18/h2-4,6-9,14,24,27H,5,10-13,15-16H2,1H3/t22-/m1/s1. The van der Waals surface area contributed by atoms with Crippen molar-refractivity contribution in [3.05, 3.63) is 71.0 Å². The van der Waals surface area contributed by atoms with Crippen LogP contribution in [-0.4, -0.2) is 41.1 Å². The third-order valence-electron chi connectivity index (χ3n) is 5.19. The largest absolute Gasteiger partial charge is 0.379 e. The number of likely N-dealkylation sites (tertiary alicyclic amines) is 1. The van der Waals surface area contributed by atoms with Crippen molar-refractivity contribution in [2.75, 3.05) is 19.6 Å². The van der Waals surface area contributed by atoms with Crippen LogP contribution in [0.5, 0.6) is 0 Å². The topological polar surface area (TPSA) is 52.6 Å². The fourth-order valence-electron chi connectivity index (χ4n) is 3.58. The fourth-order valence-corrected chi connectivity index (χ4v) is 3.58. The average molecular weight is 370 g/mol. The highest BCUT2D eigenvalue weighted by atomic mass is 19.1. The first kappa shape index (κ1) is 19.5. The molecule has 1 saturated heterocycles. The molecule has 0 unspecified atom stereocenters. The van der Waals surface area contributed by atoms with E-state index in [0.29, 0.717) is 31.6 Å². The molecule has 5 heteroatoms. The fraction of sp³-hybridized carbons (Fsp3) is 0.409. The van der Waals surface area contributed by atoms with Crippen molar-refractivity contribution < 1.29 is 14.3 Å². The molecule has 1 fully saturated rings. The molecule has 1 heterocycles. The maximum atomic E-state index is 13.4. The maximum absolute atomic E-state index is 13.4. The first-order valence-corrected chi connectivity index (χ1v) is 9.49. The van der Waals surface area contributed by atoms with Gasteiger partial charge in [-0.15, -0.1) is 0 Å². The molecular formula is C22H27FN2O2. The molecule has 0 bridgehead atoms. The highest BCUT2D eigenvalue weighted by molar-refractivity contribution is 5.86. The Bertz CT molecular complexity index is 781. The van der Waals surface area contributed by atoms with Gasteiger partial charge in [-0.25, -0.2) is 4.39 Å². The van der Waals surface area contributed by atoms with E-state index in [1.54, 1.807) is 24.0 Å². The van der Waals surface area contributed by atoms with Gasteiger partial charge in [0.15, 0.2) is 5.60 Å². The van der Waals surface area contributed by atoms with Crippen molar-refractivity contribution in [2.45, 2.75) is 38.3 Å². The van der Waals surface area contributed by atoms with Crippen LogP contribution < -0.4 is 5.32 Å². The molecule has 0 saturated carbocycles. The summed E-state index contributed by atoms with van der Waals surface area (Å²) in [5.74, 6) is -0.429. The molecule has 0 aromatic heterocycles. The molecule has 0 spiro atoms. The van der Waals surface area contributed by atoms with E-state index < -0.39 is 5.60 Å². The third-order valence-corrected chi connectivity index (χ3v) is 5.19. The summed E-state index contributed by atoms with van der Waals surface area (Å²) >= 11 is 0. The third kappa shape index (κ3) is 4.93. The summed E-state index contributed by atoms with van der Waals surface area (Å²) in [6.45, 7) is 3.71. The van der Waals surface area contributed by atoms with Crippen molar-refractivity contribution in [3.63, 3.8) is 0 Å². The summed E-state index contributed by atoms with van der Waals surface area (Å²) in [4.78, 5) is 14.6. The molecule has 1 aliphatic rings. The number of aryl methyl sites for hydroxylation is 1. The Balaban J connectivity index is 1.54.